The van der Waals surface area contributed by atoms with Crippen molar-refractivity contribution in [1.82, 2.24) is 29.5 Å². The lowest BCUT2D eigenvalue weighted by Crippen LogP contribution is -2.35. The zero-order valence-electron chi connectivity index (χ0n) is 16.4. The lowest BCUT2D eigenvalue weighted by molar-refractivity contribution is 0.0685. The van der Waals surface area contributed by atoms with Crippen molar-refractivity contribution in [3.63, 3.8) is 0 Å². The fraction of sp³-hybridized carbons (Fsp3) is 0.100. The molecule has 1 unspecified atom stereocenters. The number of hydrogen-bond acceptors (Lipinski definition) is 6. The van der Waals surface area contributed by atoms with Gasteiger partial charge in [-0.05, 0) is 35.4 Å². The number of nitrogens with zero attached hydrogens (tertiary/aromatic N) is 5. The van der Waals surface area contributed by atoms with Crippen LogP contribution in [0.2, 0.25) is 10.0 Å². The molecule has 162 valence electrons. The van der Waals surface area contributed by atoms with Crippen molar-refractivity contribution in [2.75, 3.05) is 0 Å². The molecule has 0 saturated carbocycles. The summed E-state index contributed by atoms with van der Waals surface area (Å²) in [6, 6.07) is 11.9. The molecule has 0 amide bonds. The Hall–Kier alpha value is -3.76. The first-order chi connectivity index (χ1) is 15.3. The maximum absolute atomic E-state index is 12.2. The van der Waals surface area contributed by atoms with Gasteiger partial charge >= 0.3 is 11.7 Å². The van der Waals surface area contributed by atoms with Crippen LogP contribution in [0.25, 0.3) is 5.69 Å². The van der Waals surface area contributed by atoms with Crippen molar-refractivity contribution in [2.45, 2.75) is 5.92 Å². The van der Waals surface area contributed by atoms with Crippen LogP contribution < -0.4 is 11.2 Å². The molecule has 0 spiro atoms. The van der Waals surface area contributed by atoms with E-state index >= 15 is 0 Å². The molecule has 2 heterocycles. The normalized spacial score (nSPS) is 12.0. The Bertz CT molecular complexity index is 1440. The first-order valence-electron chi connectivity index (χ1n) is 9.12. The third-order valence-electron chi connectivity index (χ3n) is 4.78. The van der Waals surface area contributed by atoms with Gasteiger partial charge in [0.25, 0.3) is 5.56 Å². The Kier molecular flexibility index (Phi) is 5.64. The summed E-state index contributed by atoms with van der Waals surface area (Å²) < 4.78 is 2.39. The Labute approximate surface area is 189 Å². The van der Waals surface area contributed by atoms with Crippen molar-refractivity contribution in [3.8, 4) is 5.69 Å². The maximum Gasteiger partial charge on any atom is 0.362 e. The van der Waals surface area contributed by atoms with E-state index in [1.807, 2.05) is 17.1 Å². The van der Waals surface area contributed by atoms with Crippen LogP contribution >= 0.6 is 23.2 Å². The fourth-order valence-electron chi connectivity index (χ4n) is 3.29. The monoisotopic (exact) mass is 472 g/mol. The summed E-state index contributed by atoms with van der Waals surface area (Å²) >= 11 is 12.6. The molecule has 0 aliphatic heterocycles. The number of hydrogen-bond donors (Lipinski definition) is 2. The number of nitrogens with one attached hydrogen (secondary N) is 1. The summed E-state index contributed by atoms with van der Waals surface area (Å²) in [6.07, 6.45) is 1.43. The summed E-state index contributed by atoms with van der Waals surface area (Å²) in [5.41, 5.74) is -1.12. The van der Waals surface area contributed by atoms with Gasteiger partial charge in [0.15, 0.2) is 0 Å². The molecule has 4 rings (SSSR count). The molecule has 0 saturated heterocycles. The van der Waals surface area contributed by atoms with Crippen LogP contribution in [0.1, 0.15) is 33.4 Å². The molecule has 0 aliphatic carbocycles. The van der Waals surface area contributed by atoms with Crippen LogP contribution in [0.4, 0.5) is 0 Å². The van der Waals surface area contributed by atoms with E-state index in [0.29, 0.717) is 16.4 Å². The van der Waals surface area contributed by atoms with Crippen molar-refractivity contribution >= 4 is 29.2 Å². The second kappa shape index (κ2) is 8.40. The second-order valence-electron chi connectivity index (χ2n) is 6.76. The van der Waals surface area contributed by atoms with Crippen LogP contribution in [0, 0.1) is 0 Å². The fourth-order valence-corrected chi connectivity index (χ4v) is 3.70. The highest BCUT2D eigenvalue weighted by Gasteiger charge is 2.24. The third kappa shape index (κ3) is 3.93. The first-order valence-corrected chi connectivity index (χ1v) is 9.88. The van der Waals surface area contributed by atoms with Gasteiger partial charge in [0.1, 0.15) is 12.2 Å². The standard InChI is InChI=1S/C20H14Cl2N6O4/c1-27-17(23-9-24-27)15(10-2-4-11(21)5-3-10)13-7-6-12(8-14(13)22)28-20(32)25-18(29)16(26-28)19(30)31/h2-9,15H,1H3,(H,30,31)(H,25,29,32). The number of aromatic amines is 1. The zero-order valence-corrected chi connectivity index (χ0v) is 17.9. The average Bonchev–Trinajstić information content (AvgIpc) is 3.16. The van der Waals surface area contributed by atoms with Crippen molar-refractivity contribution in [2.24, 2.45) is 7.05 Å². The van der Waals surface area contributed by atoms with E-state index in [-0.39, 0.29) is 10.7 Å². The summed E-state index contributed by atoms with van der Waals surface area (Å²) in [4.78, 5) is 41.4. The van der Waals surface area contributed by atoms with Crippen LogP contribution in [0.3, 0.4) is 0 Å². The SMILES string of the molecule is Cn1ncnc1C(c1ccc(Cl)cc1)c1ccc(-n2nc(C(=O)O)c(=O)[nH]c2=O)cc1Cl. The van der Waals surface area contributed by atoms with E-state index in [0.717, 1.165) is 10.2 Å². The number of carbonyl (C=O) groups is 1. The molecule has 1 atom stereocenters. The van der Waals surface area contributed by atoms with Gasteiger partial charge in [-0.3, -0.25) is 14.5 Å². The predicted octanol–water partition coefficient (Wildman–Crippen LogP) is 2.23. The average molecular weight is 473 g/mol. The van der Waals surface area contributed by atoms with E-state index in [4.69, 9.17) is 28.3 Å². The zero-order chi connectivity index (χ0) is 23.0. The Morgan fingerprint density at radius 2 is 1.84 bits per heavy atom. The minimum Gasteiger partial charge on any atom is -0.476 e. The van der Waals surface area contributed by atoms with Gasteiger partial charge < -0.3 is 5.11 Å². The van der Waals surface area contributed by atoms with Crippen molar-refractivity contribution in [3.05, 3.63) is 102 Å². The van der Waals surface area contributed by atoms with E-state index in [1.165, 1.54) is 12.4 Å². The predicted molar refractivity (Wildman–Crippen MR) is 116 cm³/mol. The van der Waals surface area contributed by atoms with Gasteiger partial charge in [-0.2, -0.15) is 14.9 Å². The molecule has 0 bridgehead atoms. The maximum atomic E-state index is 12.2. The molecular formula is C20H14Cl2N6O4. The Morgan fingerprint density at radius 3 is 2.44 bits per heavy atom. The summed E-state index contributed by atoms with van der Waals surface area (Å²) in [5, 5.41) is 17.8. The van der Waals surface area contributed by atoms with Gasteiger partial charge in [-0.15, -0.1) is 0 Å². The number of aryl methyl sites for hydroxylation is 1. The minimum atomic E-state index is -1.56. The van der Waals surface area contributed by atoms with Gasteiger partial charge in [0.2, 0.25) is 5.69 Å². The summed E-state index contributed by atoms with van der Waals surface area (Å²) in [7, 11) is 1.75. The topological polar surface area (TPSA) is 136 Å². The lowest BCUT2D eigenvalue weighted by Gasteiger charge is -2.19. The van der Waals surface area contributed by atoms with E-state index in [9.17, 15) is 14.4 Å². The molecule has 2 N–H and O–H groups in total. The molecule has 10 nitrogen and oxygen atoms in total. The number of H-pyrrole nitrogens is 1. The number of aromatic carboxylic acids is 1. The van der Waals surface area contributed by atoms with Crippen LogP contribution in [-0.4, -0.2) is 40.6 Å². The Morgan fingerprint density at radius 1 is 1.12 bits per heavy atom. The van der Waals surface area contributed by atoms with Gasteiger partial charge in [0, 0.05) is 17.1 Å². The highest BCUT2D eigenvalue weighted by atomic mass is 35.5. The largest absolute Gasteiger partial charge is 0.476 e. The molecule has 4 aromatic rings. The lowest BCUT2D eigenvalue weighted by atomic mass is 9.90. The minimum absolute atomic E-state index is 0.176. The number of rotatable bonds is 5. The highest BCUT2D eigenvalue weighted by Crippen LogP contribution is 2.36. The molecular weight excluding hydrogens is 459 g/mol. The Balaban J connectivity index is 1.86. The molecule has 2 aromatic carbocycles. The highest BCUT2D eigenvalue weighted by molar-refractivity contribution is 6.31. The molecule has 0 aliphatic rings. The third-order valence-corrected chi connectivity index (χ3v) is 5.36. The van der Waals surface area contributed by atoms with Gasteiger partial charge in [-0.1, -0.05) is 41.4 Å². The number of carboxylic acids is 1. The van der Waals surface area contributed by atoms with E-state index in [1.54, 1.807) is 36.0 Å². The first kappa shape index (κ1) is 21.5. The molecule has 32 heavy (non-hydrogen) atoms. The van der Waals surface area contributed by atoms with Gasteiger partial charge in [0.05, 0.1) is 11.6 Å². The summed E-state index contributed by atoms with van der Waals surface area (Å²) in [6.45, 7) is 0. The number of aromatic nitrogens is 6. The van der Waals surface area contributed by atoms with Gasteiger partial charge in [-0.25, -0.2) is 14.6 Å². The second-order valence-corrected chi connectivity index (χ2v) is 7.60. The molecule has 12 heteroatoms. The van der Waals surface area contributed by atoms with Crippen molar-refractivity contribution < 1.29 is 9.90 Å². The van der Waals surface area contributed by atoms with E-state index in [2.05, 4.69) is 15.2 Å². The number of carboxylic acid groups (broad SMARTS) is 1. The quantitative estimate of drug-likeness (QED) is 0.454. The molecule has 0 fully saturated rings. The van der Waals surface area contributed by atoms with Crippen LogP contribution in [-0.2, 0) is 7.05 Å². The molecule has 2 aromatic heterocycles. The molecule has 0 radical (unpaired) electrons. The van der Waals surface area contributed by atoms with E-state index < -0.39 is 28.8 Å². The van der Waals surface area contributed by atoms with Crippen LogP contribution in [0.5, 0.6) is 0 Å². The number of halogens is 2. The summed E-state index contributed by atoms with van der Waals surface area (Å²) in [5.74, 6) is -1.35. The van der Waals surface area contributed by atoms with Crippen LogP contribution in [0.15, 0.2) is 58.4 Å². The smallest absolute Gasteiger partial charge is 0.362 e. The number of benzene rings is 2. The van der Waals surface area contributed by atoms with Crippen molar-refractivity contribution in [1.29, 1.82) is 0 Å².